The van der Waals surface area contributed by atoms with Crippen LogP contribution in [0.2, 0.25) is 0 Å². The largest absolute Gasteiger partial charge is 0.345 e. The number of fused-ring (bicyclic) bond motifs is 4. The molecule has 0 amide bonds. The van der Waals surface area contributed by atoms with Crippen molar-refractivity contribution in [1.29, 1.82) is 0 Å². The van der Waals surface area contributed by atoms with Gasteiger partial charge in [0.15, 0.2) is 0 Å². The minimum Gasteiger partial charge on any atom is -0.345 e. The molecule has 174 valence electrons. The van der Waals surface area contributed by atoms with Crippen molar-refractivity contribution in [3.05, 3.63) is 101 Å². The molecule has 0 saturated heterocycles. The summed E-state index contributed by atoms with van der Waals surface area (Å²) in [7, 11) is 2.20. The first-order valence-corrected chi connectivity index (χ1v) is 12.6. The lowest BCUT2D eigenvalue weighted by molar-refractivity contribution is 0.652. The van der Waals surface area contributed by atoms with Gasteiger partial charge in [-0.1, -0.05) is 89.2 Å². The van der Waals surface area contributed by atoms with E-state index < -0.39 is 0 Å². The fourth-order valence-electron chi connectivity index (χ4n) is 5.71. The zero-order valence-corrected chi connectivity index (χ0v) is 21.7. The van der Waals surface area contributed by atoms with Crippen molar-refractivity contribution in [3.8, 4) is 11.1 Å². The zero-order chi connectivity index (χ0) is 24.3. The maximum atomic E-state index is 2.40. The first-order valence-electron chi connectivity index (χ1n) is 12.6. The molecule has 1 nitrogen and oxygen atoms in total. The van der Waals surface area contributed by atoms with Crippen LogP contribution >= 0.6 is 0 Å². The van der Waals surface area contributed by atoms with E-state index in [1.54, 1.807) is 0 Å². The van der Waals surface area contributed by atoms with E-state index in [1.807, 2.05) is 0 Å². The van der Waals surface area contributed by atoms with Crippen LogP contribution in [0.15, 0.2) is 78.9 Å². The van der Waals surface area contributed by atoms with Crippen LogP contribution in [0.1, 0.15) is 70.2 Å². The van der Waals surface area contributed by atoms with Crippen LogP contribution in [0.3, 0.4) is 0 Å². The van der Waals surface area contributed by atoms with Gasteiger partial charge in [0.25, 0.3) is 0 Å². The van der Waals surface area contributed by atoms with Crippen LogP contribution in [0.25, 0.3) is 16.7 Å². The number of benzene rings is 3. The number of hydrogen-bond acceptors (Lipinski definition) is 1. The maximum Gasteiger partial charge on any atom is 0.0411 e. The van der Waals surface area contributed by atoms with E-state index in [2.05, 4.69) is 132 Å². The molecule has 2 aliphatic carbocycles. The smallest absolute Gasteiger partial charge is 0.0411 e. The van der Waals surface area contributed by atoms with E-state index in [1.165, 1.54) is 50.3 Å². The Morgan fingerprint density at radius 1 is 0.765 bits per heavy atom. The van der Waals surface area contributed by atoms with Crippen molar-refractivity contribution in [1.82, 2.24) is 0 Å². The molecule has 0 saturated carbocycles. The third kappa shape index (κ3) is 3.63. The van der Waals surface area contributed by atoms with Gasteiger partial charge in [-0.25, -0.2) is 0 Å². The minimum absolute atomic E-state index is 0.0123. The summed E-state index contributed by atoms with van der Waals surface area (Å²) in [5, 5.41) is 0. The highest BCUT2D eigenvalue weighted by molar-refractivity contribution is 5.83. The third-order valence-corrected chi connectivity index (χ3v) is 8.10. The van der Waals surface area contributed by atoms with E-state index in [4.69, 9.17) is 0 Å². The van der Waals surface area contributed by atoms with Gasteiger partial charge in [-0.3, -0.25) is 0 Å². The predicted octanol–water partition coefficient (Wildman–Crippen LogP) is 9.04. The number of anilines is 2. The molecule has 0 bridgehead atoms. The summed E-state index contributed by atoms with van der Waals surface area (Å²) in [4.78, 5) is 2.34. The van der Waals surface area contributed by atoms with Crippen LogP contribution in [-0.4, -0.2) is 7.05 Å². The lowest BCUT2D eigenvalue weighted by Gasteiger charge is -2.29. The molecule has 0 radical (unpaired) electrons. The maximum absolute atomic E-state index is 2.40. The Morgan fingerprint density at radius 3 is 2.12 bits per heavy atom. The van der Waals surface area contributed by atoms with Gasteiger partial charge in [0.1, 0.15) is 0 Å². The van der Waals surface area contributed by atoms with Gasteiger partial charge in [-0.2, -0.15) is 0 Å². The SMILES string of the molecule is C/C1=C\CC(C)C=CC(C)(C)c2cc(N(C)c3ccc4c(c3)C(C)(C)c3ccccc3-4)ccc21. The summed E-state index contributed by atoms with van der Waals surface area (Å²) in [5.74, 6) is 0.560. The number of rotatable bonds is 2. The highest BCUT2D eigenvalue weighted by atomic mass is 15.1. The summed E-state index contributed by atoms with van der Waals surface area (Å²) >= 11 is 0. The van der Waals surface area contributed by atoms with Gasteiger partial charge >= 0.3 is 0 Å². The van der Waals surface area contributed by atoms with Gasteiger partial charge in [-0.15, -0.1) is 0 Å². The van der Waals surface area contributed by atoms with Gasteiger partial charge < -0.3 is 4.90 Å². The van der Waals surface area contributed by atoms with Crippen molar-refractivity contribution < 1.29 is 0 Å². The molecule has 0 spiro atoms. The number of hydrogen-bond donors (Lipinski definition) is 0. The Bertz CT molecular complexity index is 1320. The van der Waals surface area contributed by atoms with E-state index in [-0.39, 0.29) is 10.8 Å². The Balaban J connectivity index is 1.58. The van der Waals surface area contributed by atoms with Gasteiger partial charge in [0.2, 0.25) is 0 Å². The topological polar surface area (TPSA) is 3.24 Å². The lowest BCUT2D eigenvalue weighted by atomic mass is 9.79. The van der Waals surface area contributed by atoms with Crippen LogP contribution in [0.4, 0.5) is 11.4 Å². The Labute approximate surface area is 205 Å². The average molecular weight is 448 g/mol. The first kappa shape index (κ1) is 22.7. The molecule has 5 rings (SSSR count). The second-order valence-corrected chi connectivity index (χ2v) is 11.4. The minimum atomic E-state index is -0.0263. The third-order valence-electron chi connectivity index (χ3n) is 8.10. The Morgan fingerprint density at radius 2 is 1.38 bits per heavy atom. The molecule has 1 heteroatoms. The van der Waals surface area contributed by atoms with Crippen LogP contribution in [0.5, 0.6) is 0 Å². The monoisotopic (exact) mass is 447 g/mol. The fourth-order valence-corrected chi connectivity index (χ4v) is 5.71. The summed E-state index contributed by atoms with van der Waals surface area (Å²) in [5.41, 5.74) is 12.2. The number of allylic oxidation sites excluding steroid dienone is 4. The van der Waals surface area contributed by atoms with Crippen molar-refractivity contribution in [2.45, 2.75) is 58.8 Å². The lowest BCUT2D eigenvalue weighted by Crippen LogP contribution is -2.19. The normalized spacial score (nSPS) is 21.3. The average Bonchev–Trinajstić information content (AvgIpc) is 3.08. The molecule has 2 aliphatic rings. The van der Waals surface area contributed by atoms with Gasteiger partial charge in [-0.05, 0) is 82.5 Å². The second kappa shape index (κ2) is 8.01. The molecule has 3 aromatic rings. The zero-order valence-electron chi connectivity index (χ0n) is 21.7. The molecule has 34 heavy (non-hydrogen) atoms. The molecular formula is C33H37N. The first-order chi connectivity index (χ1) is 16.1. The Hall–Kier alpha value is -3.06. The van der Waals surface area contributed by atoms with E-state index in [0.717, 1.165) is 6.42 Å². The molecule has 3 aromatic carbocycles. The second-order valence-electron chi connectivity index (χ2n) is 11.4. The van der Waals surface area contributed by atoms with E-state index in [0.29, 0.717) is 5.92 Å². The highest BCUT2D eigenvalue weighted by Gasteiger charge is 2.35. The Kier molecular flexibility index (Phi) is 5.35. The molecule has 1 unspecified atom stereocenters. The predicted molar refractivity (Wildman–Crippen MR) is 148 cm³/mol. The molecule has 0 N–H and O–H groups in total. The standard InChI is InChI=1S/C33H37N/c1-22-12-13-23(2)26-16-14-24(20-30(26)32(3,4)19-18-22)34(7)25-15-17-28-27-10-8-9-11-29(27)33(5,6)31(28)21-25/h8-11,13-22H,12H2,1-7H3/b19-18?,23-13+. The molecular weight excluding hydrogens is 410 g/mol. The van der Waals surface area contributed by atoms with Crippen LogP contribution in [-0.2, 0) is 10.8 Å². The summed E-state index contributed by atoms with van der Waals surface area (Å²) in [6.07, 6.45) is 8.28. The van der Waals surface area contributed by atoms with Crippen molar-refractivity contribution >= 4 is 16.9 Å². The molecule has 0 aliphatic heterocycles. The summed E-state index contributed by atoms with van der Waals surface area (Å²) in [6.45, 7) is 13.9. The number of nitrogens with zero attached hydrogens (tertiary/aromatic N) is 1. The molecule has 0 fully saturated rings. The quantitative estimate of drug-likeness (QED) is 0.354. The van der Waals surface area contributed by atoms with Gasteiger partial charge in [0.05, 0.1) is 0 Å². The van der Waals surface area contributed by atoms with Crippen molar-refractivity contribution in [2.24, 2.45) is 5.92 Å². The fraction of sp³-hybridized carbons (Fsp3) is 0.333. The molecule has 0 heterocycles. The van der Waals surface area contributed by atoms with Crippen LogP contribution < -0.4 is 4.90 Å². The highest BCUT2D eigenvalue weighted by Crippen LogP contribution is 2.50. The van der Waals surface area contributed by atoms with Crippen LogP contribution in [0, 0.1) is 5.92 Å². The van der Waals surface area contributed by atoms with E-state index >= 15 is 0 Å². The molecule has 0 aromatic heterocycles. The molecule has 1 atom stereocenters. The van der Waals surface area contributed by atoms with Gasteiger partial charge in [0, 0.05) is 29.3 Å². The van der Waals surface area contributed by atoms with Crippen molar-refractivity contribution in [3.63, 3.8) is 0 Å². The van der Waals surface area contributed by atoms with Crippen molar-refractivity contribution in [2.75, 3.05) is 11.9 Å². The summed E-state index contributed by atoms with van der Waals surface area (Å²) < 4.78 is 0. The summed E-state index contributed by atoms with van der Waals surface area (Å²) in [6, 6.07) is 22.8. The van der Waals surface area contributed by atoms with E-state index in [9.17, 15) is 0 Å².